The molecule has 0 radical (unpaired) electrons. The second-order valence-corrected chi connectivity index (χ2v) is 12.1. The fourth-order valence-corrected chi connectivity index (χ4v) is 6.09. The van der Waals surface area contributed by atoms with Gasteiger partial charge in [-0.2, -0.15) is 9.40 Å². The zero-order valence-corrected chi connectivity index (χ0v) is 25.7. The van der Waals surface area contributed by atoms with E-state index in [4.69, 9.17) is 30.1 Å². The van der Waals surface area contributed by atoms with E-state index in [-0.39, 0.29) is 16.3 Å². The minimum Gasteiger partial charge on any atom is -0.493 e. The maximum Gasteiger partial charge on any atom is 0.335 e. The first kappa shape index (κ1) is 34.6. The lowest BCUT2D eigenvalue weighted by Gasteiger charge is -2.21. The van der Waals surface area contributed by atoms with Crippen LogP contribution in [0.2, 0.25) is 0 Å². The van der Waals surface area contributed by atoms with Crippen molar-refractivity contribution in [3.05, 3.63) is 34.2 Å². The van der Waals surface area contributed by atoms with E-state index in [2.05, 4.69) is 15.0 Å². The fourth-order valence-electron chi connectivity index (χ4n) is 4.60. The number of aryl methyl sites for hydroxylation is 2. The van der Waals surface area contributed by atoms with Crippen molar-refractivity contribution in [1.29, 1.82) is 0 Å². The van der Waals surface area contributed by atoms with Crippen LogP contribution in [-0.4, -0.2) is 122 Å². The number of hydrogen-bond donors (Lipinski definition) is 5. The summed E-state index contributed by atoms with van der Waals surface area (Å²) >= 11 is 0. The number of aliphatic hydroxyl groups excluding tert-OH is 2. The van der Waals surface area contributed by atoms with Crippen LogP contribution in [0, 0.1) is 0 Å². The molecule has 242 valence electrons. The Morgan fingerprint density at radius 2 is 1.70 bits per heavy atom. The topological polar surface area (TPSA) is 228 Å². The van der Waals surface area contributed by atoms with Crippen molar-refractivity contribution < 1.29 is 43.2 Å². The third kappa shape index (κ3) is 7.78. The molecule has 16 nitrogen and oxygen atoms in total. The third-order valence-electron chi connectivity index (χ3n) is 6.88. The molecular weight excluding hydrogens is 600 g/mol. The summed E-state index contributed by atoms with van der Waals surface area (Å²) in [5.74, 6) is -2.82. The highest BCUT2D eigenvalue weighted by atomic mass is 32.2. The molecule has 2 atom stereocenters. The number of benzene rings is 1. The molecule has 0 spiro atoms. The molecule has 5 N–H and O–H groups in total. The molecule has 0 saturated carbocycles. The van der Waals surface area contributed by atoms with Gasteiger partial charge in [-0.25, -0.2) is 23.0 Å². The van der Waals surface area contributed by atoms with Gasteiger partial charge in [-0.15, -0.1) is 0 Å². The summed E-state index contributed by atoms with van der Waals surface area (Å²) in [6, 6.07) is 4.74. The number of hydrogen-bond acceptors (Lipinski definition) is 11. The van der Waals surface area contributed by atoms with Gasteiger partial charge in [0, 0.05) is 26.7 Å². The van der Waals surface area contributed by atoms with E-state index >= 15 is 0 Å². The quantitative estimate of drug-likeness (QED) is 0.195. The van der Waals surface area contributed by atoms with Gasteiger partial charge in [-0.05, 0) is 51.6 Å². The molecule has 1 aromatic carbocycles. The van der Waals surface area contributed by atoms with Crippen LogP contribution in [0.3, 0.4) is 0 Å². The molecule has 2 unspecified atom stereocenters. The Labute approximate surface area is 253 Å². The number of aliphatic carboxylic acids is 2. The van der Waals surface area contributed by atoms with Gasteiger partial charge in [0.2, 0.25) is 10.0 Å². The van der Waals surface area contributed by atoms with Crippen LogP contribution >= 0.6 is 0 Å². The van der Waals surface area contributed by atoms with Gasteiger partial charge in [-0.3, -0.25) is 9.48 Å². The Morgan fingerprint density at radius 3 is 2.30 bits per heavy atom. The van der Waals surface area contributed by atoms with Gasteiger partial charge in [0.1, 0.15) is 17.1 Å². The van der Waals surface area contributed by atoms with Crippen LogP contribution in [0.1, 0.15) is 32.4 Å². The molecule has 0 amide bonds. The molecule has 3 aromatic rings. The zero-order chi connectivity index (χ0) is 32.8. The number of nitrogens with one attached hydrogen (secondary N) is 1. The summed E-state index contributed by atoms with van der Waals surface area (Å²) in [5, 5.41) is 37.0. The van der Waals surface area contributed by atoms with E-state index in [0.717, 1.165) is 25.1 Å². The average Bonchev–Trinajstić information content (AvgIpc) is 3.12. The van der Waals surface area contributed by atoms with Crippen molar-refractivity contribution in [2.75, 3.05) is 39.8 Å². The summed E-state index contributed by atoms with van der Waals surface area (Å²) in [7, 11) is -0.00910. The summed E-state index contributed by atoms with van der Waals surface area (Å²) in [4.78, 5) is 42.3. The maximum atomic E-state index is 13.5. The molecule has 0 bridgehead atoms. The molecule has 1 fully saturated rings. The standard InChI is InChI=1S/C23H32N6O4S.C4H6O6/c1-5-8-18-20-21(28(4)26-18)23(30)25-22(24-20)17-15-16(9-10-19(17)33-6-2)34(31,32)29-12-7-11-27(3)13-14-29;5-1(3(7)8)2(6)4(9)10/h9-10,15H,5-8,11-14H2,1-4H3,(H,24,25,30);1-2,5-6H,(H,7,8)(H,9,10). The number of carbonyl (C=O) groups is 2. The minimum atomic E-state index is -3.72. The molecule has 1 aliphatic rings. The Balaban J connectivity index is 0.000000456. The molecule has 1 aliphatic heterocycles. The van der Waals surface area contributed by atoms with Crippen molar-refractivity contribution in [1.82, 2.24) is 29.0 Å². The third-order valence-corrected chi connectivity index (χ3v) is 8.77. The lowest BCUT2D eigenvalue weighted by atomic mass is 10.1. The number of aromatic amines is 1. The van der Waals surface area contributed by atoms with E-state index in [9.17, 15) is 22.8 Å². The number of fused-ring (bicyclic) bond motifs is 1. The monoisotopic (exact) mass is 638 g/mol. The second kappa shape index (κ2) is 14.7. The fraction of sp³-hybridized carbons (Fsp3) is 0.519. The van der Waals surface area contributed by atoms with Gasteiger partial charge < -0.3 is 35.0 Å². The van der Waals surface area contributed by atoms with Crippen molar-refractivity contribution in [2.45, 2.75) is 50.2 Å². The van der Waals surface area contributed by atoms with Gasteiger partial charge in [0.15, 0.2) is 17.7 Å². The number of aliphatic hydroxyl groups is 2. The first-order valence-electron chi connectivity index (χ1n) is 14.0. The first-order valence-corrected chi connectivity index (χ1v) is 15.4. The summed E-state index contributed by atoms with van der Waals surface area (Å²) in [6.07, 6.45) is -2.22. The summed E-state index contributed by atoms with van der Waals surface area (Å²) < 4.78 is 35.8. The van der Waals surface area contributed by atoms with Gasteiger partial charge in [-0.1, -0.05) is 13.3 Å². The number of carboxylic acid groups (broad SMARTS) is 2. The number of aromatic nitrogens is 4. The maximum absolute atomic E-state index is 13.5. The van der Waals surface area contributed by atoms with E-state index in [1.165, 1.54) is 8.99 Å². The average molecular weight is 639 g/mol. The van der Waals surface area contributed by atoms with Crippen LogP contribution in [0.4, 0.5) is 0 Å². The summed E-state index contributed by atoms with van der Waals surface area (Å²) in [5.41, 5.74) is 1.75. The zero-order valence-electron chi connectivity index (χ0n) is 24.9. The van der Waals surface area contributed by atoms with Crippen molar-refractivity contribution >= 4 is 33.0 Å². The van der Waals surface area contributed by atoms with Gasteiger partial charge in [0.25, 0.3) is 5.56 Å². The number of nitrogens with zero attached hydrogens (tertiary/aromatic N) is 5. The Bertz CT molecular complexity index is 1640. The number of ether oxygens (including phenoxy) is 1. The largest absolute Gasteiger partial charge is 0.493 e. The van der Waals surface area contributed by atoms with E-state index in [1.54, 1.807) is 25.2 Å². The number of sulfonamides is 1. The van der Waals surface area contributed by atoms with Crippen molar-refractivity contribution in [2.24, 2.45) is 7.05 Å². The Hall–Kier alpha value is -3.90. The van der Waals surface area contributed by atoms with E-state index < -0.39 is 34.2 Å². The normalized spacial score (nSPS) is 16.0. The predicted molar refractivity (Wildman–Crippen MR) is 158 cm³/mol. The molecular formula is C27H38N6O10S. The second-order valence-electron chi connectivity index (χ2n) is 10.2. The van der Waals surface area contributed by atoms with E-state index in [0.29, 0.717) is 55.0 Å². The highest BCUT2D eigenvalue weighted by Gasteiger charge is 2.30. The molecule has 0 aliphatic carbocycles. The van der Waals surface area contributed by atoms with Gasteiger partial charge >= 0.3 is 11.9 Å². The SMILES string of the molecule is CCCc1nn(C)c2c(=O)[nH]c(-c3cc(S(=O)(=O)N4CCCN(C)CC4)ccc3OCC)nc12.O=C(O)C(O)C(O)C(=O)O. The summed E-state index contributed by atoms with van der Waals surface area (Å²) in [6.45, 7) is 6.70. The molecule has 17 heteroatoms. The highest BCUT2D eigenvalue weighted by Crippen LogP contribution is 2.32. The predicted octanol–water partition coefficient (Wildman–Crippen LogP) is -0.122. The number of H-pyrrole nitrogens is 1. The molecule has 44 heavy (non-hydrogen) atoms. The van der Waals surface area contributed by atoms with Crippen molar-refractivity contribution in [3.63, 3.8) is 0 Å². The number of rotatable bonds is 10. The van der Waals surface area contributed by atoms with Crippen molar-refractivity contribution in [3.8, 4) is 17.1 Å². The molecule has 4 rings (SSSR count). The number of likely N-dealkylation sites (N-methyl/N-ethyl adjacent to an activating group) is 1. The molecule has 1 saturated heterocycles. The molecule has 2 aromatic heterocycles. The van der Waals surface area contributed by atoms with Gasteiger partial charge in [0.05, 0.1) is 22.8 Å². The van der Waals surface area contributed by atoms with E-state index in [1.807, 2.05) is 20.9 Å². The lowest BCUT2D eigenvalue weighted by Crippen LogP contribution is -2.39. The Kier molecular flexibility index (Phi) is 11.6. The smallest absolute Gasteiger partial charge is 0.335 e. The Morgan fingerprint density at radius 1 is 1.05 bits per heavy atom. The number of carboxylic acids is 2. The molecule has 3 heterocycles. The van der Waals surface area contributed by atoms with Crippen LogP contribution in [0.15, 0.2) is 27.9 Å². The highest BCUT2D eigenvalue weighted by molar-refractivity contribution is 7.89. The lowest BCUT2D eigenvalue weighted by molar-refractivity contribution is -0.165. The van der Waals surface area contributed by atoms with Crippen LogP contribution in [0.5, 0.6) is 5.75 Å². The first-order chi connectivity index (χ1) is 20.7. The van der Waals surface area contributed by atoms with Crippen LogP contribution in [0.25, 0.3) is 22.4 Å². The van der Waals surface area contributed by atoms with Crippen LogP contribution in [-0.2, 0) is 33.1 Å². The van der Waals surface area contributed by atoms with Crippen LogP contribution < -0.4 is 10.3 Å². The minimum absolute atomic E-state index is 0.151.